The first kappa shape index (κ1) is 12.1. The van der Waals surface area contributed by atoms with E-state index in [4.69, 9.17) is 5.11 Å². The highest BCUT2D eigenvalue weighted by Crippen LogP contribution is 2.18. The van der Waals surface area contributed by atoms with Crippen LogP contribution < -0.4 is 5.32 Å². The lowest BCUT2D eigenvalue weighted by molar-refractivity contribution is 0.286. The number of benzene rings is 1. The Labute approximate surface area is 92.3 Å². The first-order valence-corrected chi connectivity index (χ1v) is 5.68. The maximum Gasteiger partial charge on any atom is 0.0431 e. The van der Waals surface area contributed by atoms with Gasteiger partial charge in [-0.15, -0.1) is 0 Å². The van der Waals surface area contributed by atoms with Crippen LogP contribution in [0.3, 0.4) is 0 Å². The molecule has 0 aliphatic carbocycles. The summed E-state index contributed by atoms with van der Waals surface area (Å²) in [6, 6.07) is 8.53. The molecule has 0 amide bonds. The highest BCUT2D eigenvalue weighted by Gasteiger charge is 1.99. The molecule has 2 heteroatoms. The largest absolute Gasteiger partial charge is 0.396 e. The van der Waals surface area contributed by atoms with Crippen molar-refractivity contribution in [3.8, 4) is 0 Å². The molecule has 1 aromatic rings. The summed E-state index contributed by atoms with van der Waals surface area (Å²) in [6.45, 7) is 5.62. The highest BCUT2D eigenvalue weighted by molar-refractivity contribution is 5.46. The number of rotatable bonds is 6. The molecule has 2 N–H and O–H groups in total. The van der Waals surface area contributed by atoms with E-state index in [1.165, 1.54) is 11.3 Å². The Balaban J connectivity index is 2.43. The average molecular weight is 207 g/mol. The lowest BCUT2D eigenvalue weighted by Crippen LogP contribution is -2.02. The van der Waals surface area contributed by atoms with Gasteiger partial charge >= 0.3 is 0 Å². The monoisotopic (exact) mass is 207 g/mol. The van der Waals surface area contributed by atoms with Crippen LogP contribution in [0.1, 0.15) is 38.2 Å². The lowest BCUT2D eigenvalue weighted by Gasteiger charge is -2.09. The second kappa shape index (κ2) is 6.46. The quantitative estimate of drug-likeness (QED) is 0.703. The zero-order valence-corrected chi connectivity index (χ0v) is 9.66. The molecule has 0 radical (unpaired) electrons. The van der Waals surface area contributed by atoms with Gasteiger partial charge in [-0.3, -0.25) is 0 Å². The van der Waals surface area contributed by atoms with E-state index in [1.807, 2.05) is 0 Å². The number of aliphatic hydroxyl groups excluding tert-OH is 1. The smallest absolute Gasteiger partial charge is 0.0431 e. The Morgan fingerprint density at radius 2 is 2.07 bits per heavy atom. The molecule has 15 heavy (non-hydrogen) atoms. The van der Waals surface area contributed by atoms with Crippen molar-refractivity contribution < 1.29 is 5.11 Å². The number of aliphatic hydroxyl groups is 1. The first-order valence-electron chi connectivity index (χ1n) is 5.68. The average Bonchev–Trinajstić information content (AvgIpc) is 2.25. The minimum atomic E-state index is 0.285. The van der Waals surface area contributed by atoms with Gasteiger partial charge in [0.2, 0.25) is 0 Å². The molecule has 0 aliphatic rings. The van der Waals surface area contributed by atoms with Gasteiger partial charge in [-0.05, 0) is 36.5 Å². The van der Waals surface area contributed by atoms with Crippen LogP contribution in [0.25, 0.3) is 0 Å². The van der Waals surface area contributed by atoms with Gasteiger partial charge in [-0.1, -0.05) is 26.0 Å². The van der Waals surface area contributed by atoms with Crippen LogP contribution in [-0.2, 0) is 0 Å². The Morgan fingerprint density at radius 1 is 1.27 bits per heavy atom. The molecule has 1 rings (SSSR count). The van der Waals surface area contributed by atoms with Gasteiger partial charge in [0.05, 0.1) is 0 Å². The molecule has 0 saturated carbocycles. The van der Waals surface area contributed by atoms with Crippen LogP contribution >= 0.6 is 0 Å². The number of hydrogen-bond acceptors (Lipinski definition) is 2. The molecule has 0 atom stereocenters. The Morgan fingerprint density at radius 3 is 2.73 bits per heavy atom. The fourth-order valence-corrected chi connectivity index (χ4v) is 1.48. The number of nitrogens with one attached hydrogen (secondary N) is 1. The molecule has 0 fully saturated rings. The Bertz CT molecular complexity index is 284. The van der Waals surface area contributed by atoms with Gasteiger partial charge in [0.25, 0.3) is 0 Å². The molecule has 2 nitrogen and oxygen atoms in total. The standard InChI is InChI=1S/C13H21NO/c1-11(2)12-6-5-7-13(10-12)14-8-3-4-9-15/h5-7,10-11,14-15H,3-4,8-9H2,1-2H3. The van der Waals surface area contributed by atoms with Crippen LogP contribution in [-0.4, -0.2) is 18.3 Å². The summed E-state index contributed by atoms with van der Waals surface area (Å²) in [5.74, 6) is 0.573. The second-order valence-corrected chi connectivity index (χ2v) is 4.14. The molecule has 84 valence electrons. The van der Waals surface area contributed by atoms with E-state index in [9.17, 15) is 0 Å². The molecule has 1 aromatic carbocycles. The van der Waals surface area contributed by atoms with Crippen molar-refractivity contribution in [1.29, 1.82) is 0 Å². The third-order valence-corrected chi connectivity index (χ3v) is 2.47. The fraction of sp³-hybridized carbons (Fsp3) is 0.538. The summed E-state index contributed by atoms with van der Waals surface area (Å²) in [5.41, 5.74) is 2.54. The van der Waals surface area contributed by atoms with E-state index in [1.54, 1.807) is 0 Å². The van der Waals surface area contributed by atoms with Gasteiger partial charge < -0.3 is 10.4 Å². The molecule has 0 saturated heterocycles. The molecular weight excluding hydrogens is 186 g/mol. The Kier molecular flexibility index (Phi) is 5.19. The van der Waals surface area contributed by atoms with Crippen LogP contribution in [0.15, 0.2) is 24.3 Å². The van der Waals surface area contributed by atoms with Crippen LogP contribution in [0, 0.1) is 0 Å². The normalized spacial score (nSPS) is 10.7. The van der Waals surface area contributed by atoms with Gasteiger partial charge in [0.15, 0.2) is 0 Å². The second-order valence-electron chi connectivity index (χ2n) is 4.14. The molecule has 0 aromatic heterocycles. The zero-order valence-electron chi connectivity index (χ0n) is 9.66. The summed E-state index contributed by atoms with van der Waals surface area (Å²) in [7, 11) is 0. The van der Waals surface area contributed by atoms with E-state index in [0.717, 1.165) is 19.4 Å². The maximum absolute atomic E-state index is 8.65. The molecular formula is C13H21NO. The topological polar surface area (TPSA) is 32.3 Å². The summed E-state index contributed by atoms with van der Waals surface area (Å²) in [6.07, 6.45) is 1.89. The fourth-order valence-electron chi connectivity index (χ4n) is 1.48. The summed E-state index contributed by atoms with van der Waals surface area (Å²) >= 11 is 0. The molecule has 0 aliphatic heterocycles. The summed E-state index contributed by atoms with van der Waals surface area (Å²) in [5, 5.41) is 12.0. The van der Waals surface area contributed by atoms with E-state index < -0.39 is 0 Å². The van der Waals surface area contributed by atoms with E-state index in [2.05, 4.69) is 43.4 Å². The predicted molar refractivity (Wildman–Crippen MR) is 65.3 cm³/mol. The van der Waals surface area contributed by atoms with Crippen molar-refractivity contribution in [3.05, 3.63) is 29.8 Å². The van der Waals surface area contributed by atoms with Crippen molar-refractivity contribution in [2.45, 2.75) is 32.6 Å². The van der Waals surface area contributed by atoms with E-state index in [0.29, 0.717) is 5.92 Å². The van der Waals surface area contributed by atoms with Crippen LogP contribution in [0.2, 0.25) is 0 Å². The van der Waals surface area contributed by atoms with E-state index >= 15 is 0 Å². The van der Waals surface area contributed by atoms with Gasteiger partial charge in [0.1, 0.15) is 0 Å². The minimum Gasteiger partial charge on any atom is -0.396 e. The van der Waals surface area contributed by atoms with Crippen molar-refractivity contribution in [2.24, 2.45) is 0 Å². The lowest BCUT2D eigenvalue weighted by atomic mass is 10.0. The van der Waals surface area contributed by atoms with Gasteiger partial charge in [-0.2, -0.15) is 0 Å². The predicted octanol–water partition coefficient (Wildman–Crippen LogP) is 2.99. The third-order valence-electron chi connectivity index (χ3n) is 2.47. The third kappa shape index (κ3) is 4.34. The zero-order chi connectivity index (χ0) is 11.1. The molecule has 0 heterocycles. The SMILES string of the molecule is CC(C)c1cccc(NCCCCO)c1. The number of anilines is 1. The van der Waals surface area contributed by atoms with Crippen molar-refractivity contribution >= 4 is 5.69 Å². The van der Waals surface area contributed by atoms with Gasteiger partial charge in [-0.25, -0.2) is 0 Å². The van der Waals surface area contributed by atoms with Gasteiger partial charge in [0, 0.05) is 18.8 Å². The number of unbranched alkanes of at least 4 members (excludes halogenated alkanes) is 1. The first-order chi connectivity index (χ1) is 7.24. The van der Waals surface area contributed by atoms with Crippen LogP contribution in [0.5, 0.6) is 0 Å². The van der Waals surface area contributed by atoms with Crippen molar-refractivity contribution in [1.82, 2.24) is 0 Å². The Hall–Kier alpha value is -1.02. The van der Waals surface area contributed by atoms with Crippen molar-refractivity contribution in [3.63, 3.8) is 0 Å². The molecule has 0 bridgehead atoms. The summed E-state index contributed by atoms with van der Waals surface area (Å²) < 4.78 is 0. The maximum atomic E-state index is 8.65. The molecule has 0 unspecified atom stereocenters. The number of hydrogen-bond donors (Lipinski definition) is 2. The highest BCUT2D eigenvalue weighted by atomic mass is 16.2. The van der Waals surface area contributed by atoms with Crippen LogP contribution in [0.4, 0.5) is 5.69 Å². The van der Waals surface area contributed by atoms with E-state index in [-0.39, 0.29) is 6.61 Å². The summed E-state index contributed by atoms with van der Waals surface area (Å²) in [4.78, 5) is 0. The van der Waals surface area contributed by atoms with Crippen molar-refractivity contribution in [2.75, 3.05) is 18.5 Å². The minimum absolute atomic E-state index is 0.285. The molecule has 0 spiro atoms.